The number of amides is 1. The van der Waals surface area contributed by atoms with Crippen LogP contribution in [0.25, 0.3) is 17.1 Å². The molecule has 1 aromatic heterocycles. The SMILES string of the molecule is COc1ccc2[nH]c(CCN(CCO)C3CCc4cc(C=CC(=O)NO)ccc43)nc2c1. The second-order valence-electron chi connectivity index (χ2n) is 7.90. The molecule has 0 fully saturated rings. The Morgan fingerprint density at radius 1 is 1.31 bits per heavy atom. The van der Waals surface area contributed by atoms with Crippen molar-refractivity contribution in [1.29, 1.82) is 0 Å². The van der Waals surface area contributed by atoms with Gasteiger partial charge in [0.05, 0.1) is 24.8 Å². The number of aromatic amines is 1. The zero-order valence-corrected chi connectivity index (χ0v) is 18.0. The van der Waals surface area contributed by atoms with Gasteiger partial charge in [-0.3, -0.25) is 14.9 Å². The summed E-state index contributed by atoms with van der Waals surface area (Å²) in [6, 6.07) is 12.2. The number of carbonyl (C=O) groups is 1. The summed E-state index contributed by atoms with van der Waals surface area (Å²) in [6.45, 7) is 1.47. The number of nitrogens with one attached hydrogen (secondary N) is 2. The standard InChI is InChI=1S/C24H28N4O4/c1-32-18-5-7-20-21(15-18)26-23(25-20)10-11-28(12-13-29)22-8-4-17-14-16(2-6-19(17)22)3-9-24(30)27-31/h2-3,5-7,9,14-15,22,29,31H,4,8,10-13H2,1H3,(H,25,26)(H,27,30). The first-order valence-corrected chi connectivity index (χ1v) is 10.7. The summed E-state index contributed by atoms with van der Waals surface area (Å²) in [7, 11) is 1.64. The number of ether oxygens (including phenoxy) is 1. The Bertz CT molecular complexity index is 1120. The minimum atomic E-state index is -0.554. The molecule has 1 heterocycles. The van der Waals surface area contributed by atoms with E-state index in [1.807, 2.05) is 24.3 Å². The highest BCUT2D eigenvalue weighted by molar-refractivity contribution is 5.90. The molecule has 1 aliphatic rings. The van der Waals surface area contributed by atoms with E-state index in [-0.39, 0.29) is 12.6 Å². The summed E-state index contributed by atoms with van der Waals surface area (Å²) in [5, 5.41) is 18.3. The first kappa shape index (κ1) is 22.0. The predicted molar refractivity (Wildman–Crippen MR) is 121 cm³/mol. The molecule has 4 N–H and O–H groups in total. The van der Waals surface area contributed by atoms with Crippen LogP contribution < -0.4 is 10.2 Å². The van der Waals surface area contributed by atoms with E-state index < -0.39 is 5.91 Å². The minimum Gasteiger partial charge on any atom is -0.497 e. The highest BCUT2D eigenvalue weighted by Crippen LogP contribution is 2.36. The fourth-order valence-corrected chi connectivity index (χ4v) is 4.39. The Morgan fingerprint density at radius 3 is 2.97 bits per heavy atom. The number of hydrogen-bond acceptors (Lipinski definition) is 6. The van der Waals surface area contributed by atoms with E-state index >= 15 is 0 Å². The van der Waals surface area contributed by atoms with Crippen LogP contribution in [0.4, 0.5) is 0 Å². The number of aliphatic hydroxyl groups is 1. The first-order chi connectivity index (χ1) is 15.6. The van der Waals surface area contributed by atoms with Crippen molar-refractivity contribution in [2.45, 2.75) is 25.3 Å². The Balaban J connectivity index is 1.47. The van der Waals surface area contributed by atoms with Crippen LogP contribution in [0.2, 0.25) is 0 Å². The van der Waals surface area contributed by atoms with Gasteiger partial charge in [-0.2, -0.15) is 0 Å². The lowest BCUT2D eigenvalue weighted by atomic mass is 10.0. The monoisotopic (exact) mass is 436 g/mol. The van der Waals surface area contributed by atoms with Crippen molar-refractivity contribution in [3.8, 4) is 5.75 Å². The molecule has 2 aromatic carbocycles. The molecular weight excluding hydrogens is 408 g/mol. The molecule has 0 spiro atoms. The molecule has 4 rings (SSSR count). The highest BCUT2D eigenvalue weighted by atomic mass is 16.5. The quantitative estimate of drug-likeness (QED) is 0.233. The normalized spacial score (nSPS) is 15.6. The van der Waals surface area contributed by atoms with Crippen molar-refractivity contribution in [2.24, 2.45) is 0 Å². The Hall–Kier alpha value is -3.20. The summed E-state index contributed by atoms with van der Waals surface area (Å²) in [4.78, 5) is 21.6. The van der Waals surface area contributed by atoms with Crippen LogP contribution in [-0.4, -0.2) is 57.9 Å². The average molecular weight is 437 g/mol. The third kappa shape index (κ3) is 4.83. The minimum absolute atomic E-state index is 0.0975. The van der Waals surface area contributed by atoms with E-state index in [0.717, 1.165) is 54.0 Å². The van der Waals surface area contributed by atoms with Crippen molar-refractivity contribution < 1.29 is 19.8 Å². The third-order valence-corrected chi connectivity index (χ3v) is 5.95. The predicted octanol–water partition coefficient (Wildman–Crippen LogP) is 2.61. The van der Waals surface area contributed by atoms with Gasteiger partial charge in [0.1, 0.15) is 11.6 Å². The number of aryl methyl sites for hydroxylation is 1. The molecular formula is C24H28N4O4. The number of H-pyrrole nitrogens is 1. The number of fused-ring (bicyclic) bond motifs is 2. The number of imidazole rings is 1. The number of carbonyl (C=O) groups excluding carboxylic acids is 1. The second kappa shape index (κ2) is 9.95. The summed E-state index contributed by atoms with van der Waals surface area (Å²) >= 11 is 0. The lowest BCUT2D eigenvalue weighted by Crippen LogP contribution is -2.32. The van der Waals surface area contributed by atoms with E-state index in [2.05, 4.69) is 22.0 Å². The van der Waals surface area contributed by atoms with E-state index in [1.54, 1.807) is 18.7 Å². The van der Waals surface area contributed by atoms with Crippen LogP contribution in [0.3, 0.4) is 0 Å². The van der Waals surface area contributed by atoms with Crippen molar-refractivity contribution in [2.75, 3.05) is 26.8 Å². The molecule has 1 aliphatic carbocycles. The molecule has 0 bridgehead atoms. The Labute approximate surface area is 186 Å². The van der Waals surface area contributed by atoms with Crippen LogP contribution >= 0.6 is 0 Å². The zero-order chi connectivity index (χ0) is 22.5. The van der Waals surface area contributed by atoms with Gasteiger partial charge in [-0.15, -0.1) is 0 Å². The highest BCUT2D eigenvalue weighted by Gasteiger charge is 2.27. The maximum Gasteiger partial charge on any atom is 0.267 e. The van der Waals surface area contributed by atoms with E-state index in [1.165, 1.54) is 17.2 Å². The van der Waals surface area contributed by atoms with Crippen LogP contribution in [0.15, 0.2) is 42.5 Å². The zero-order valence-electron chi connectivity index (χ0n) is 18.0. The molecule has 1 unspecified atom stereocenters. The third-order valence-electron chi connectivity index (χ3n) is 5.95. The number of benzene rings is 2. The topological polar surface area (TPSA) is 111 Å². The van der Waals surface area contributed by atoms with E-state index in [0.29, 0.717) is 6.54 Å². The number of hydrogen-bond donors (Lipinski definition) is 4. The Kier molecular flexibility index (Phi) is 6.84. The fourth-order valence-electron chi connectivity index (χ4n) is 4.39. The lowest BCUT2D eigenvalue weighted by Gasteiger charge is -2.28. The van der Waals surface area contributed by atoms with Gasteiger partial charge >= 0.3 is 0 Å². The maximum absolute atomic E-state index is 11.2. The maximum atomic E-state index is 11.2. The largest absolute Gasteiger partial charge is 0.497 e. The van der Waals surface area contributed by atoms with Crippen LogP contribution in [0.1, 0.15) is 35.0 Å². The smallest absolute Gasteiger partial charge is 0.267 e. The van der Waals surface area contributed by atoms with Gasteiger partial charge in [0, 0.05) is 37.7 Å². The average Bonchev–Trinajstić information content (AvgIpc) is 3.42. The number of methoxy groups -OCH3 is 1. The molecule has 8 heteroatoms. The number of nitrogens with zero attached hydrogens (tertiary/aromatic N) is 2. The summed E-state index contributed by atoms with van der Waals surface area (Å²) < 4.78 is 5.28. The molecule has 0 radical (unpaired) electrons. The summed E-state index contributed by atoms with van der Waals surface area (Å²) in [5.41, 5.74) is 6.89. The summed E-state index contributed by atoms with van der Waals surface area (Å²) in [6.07, 6.45) is 5.66. The van der Waals surface area contributed by atoms with Crippen molar-refractivity contribution in [3.63, 3.8) is 0 Å². The van der Waals surface area contributed by atoms with E-state index in [4.69, 9.17) is 14.9 Å². The molecule has 0 saturated carbocycles. The summed E-state index contributed by atoms with van der Waals surface area (Å²) in [5.74, 6) is 1.14. The van der Waals surface area contributed by atoms with E-state index in [9.17, 15) is 9.90 Å². The van der Waals surface area contributed by atoms with Gasteiger partial charge in [-0.05, 0) is 47.7 Å². The lowest BCUT2D eigenvalue weighted by molar-refractivity contribution is -0.124. The first-order valence-electron chi connectivity index (χ1n) is 10.7. The van der Waals surface area contributed by atoms with Gasteiger partial charge in [0.15, 0.2) is 0 Å². The molecule has 1 amide bonds. The van der Waals surface area contributed by atoms with Gasteiger partial charge in [0.2, 0.25) is 0 Å². The Morgan fingerprint density at radius 2 is 2.19 bits per heavy atom. The molecule has 0 aliphatic heterocycles. The van der Waals surface area contributed by atoms with Crippen LogP contribution in [0, 0.1) is 0 Å². The van der Waals surface area contributed by atoms with Gasteiger partial charge in [-0.1, -0.05) is 18.2 Å². The van der Waals surface area contributed by atoms with Crippen molar-refractivity contribution >= 4 is 23.0 Å². The molecule has 1 atom stereocenters. The van der Waals surface area contributed by atoms with Gasteiger partial charge < -0.3 is 14.8 Å². The van der Waals surface area contributed by atoms with Gasteiger partial charge in [0.25, 0.3) is 5.91 Å². The molecule has 3 aromatic rings. The molecule has 168 valence electrons. The van der Waals surface area contributed by atoms with Crippen molar-refractivity contribution in [3.05, 3.63) is 65.0 Å². The van der Waals surface area contributed by atoms with Crippen molar-refractivity contribution in [1.82, 2.24) is 20.3 Å². The molecule has 0 saturated heterocycles. The second-order valence-corrected chi connectivity index (χ2v) is 7.90. The fraction of sp³-hybridized carbons (Fsp3) is 0.333. The number of rotatable bonds is 9. The number of hydroxylamine groups is 1. The van der Waals surface area contributed by atoms with Gasteiger partial charge in [-0.25, -0.2) is 10.5 Å². The van der Waals surface area contributed by atoms with Crippen LogP contribution in [0.5, 0.6) is 5.75 Å². The number of aromatic nitrogens is 2. The van der Waals surface area contributed by atoms with Crippen LogP contribution in [-0.2, 0) is 17.6 Å². The molecule has 8 nitrogen and oxygen atoms in total. The number of aliphatic hydroxyl groups excluding tert-OH is 1. The molecule has 32 heavy (non-hydrogen) atoms.